The van der Waals surface area contributed by atoms with Crippen molar-refractivity contribution in [3.05, 3.63) is 52.3 Å². The Hall–Kier alpha value is -1.88. The number of rotatable bonds is 3. The first-order valence-electron chi connectivity index (χ1n) is 5.60. The molecule has 0 spiro atoms. The zero-order chi connectivity index (χ0) is 14.0. The fourth-order valence-corrected chi connectivity index (χ4v) is 2.14. The van der Waals surface area contributed by atoms with Crippen LogP contribution in [-0.4, -0.2) is 5.78 Å². The van der Waals surface area contributed by atoms with Gasteiger partial charge < -0.3 is 11.1 Å². The van der Waals surface area contributed by atoms with Crippen LogP contribution in [0.4, 0.5) is 21.5 Å². The van der Waals surface area contributed by atoms with Crippen LogP contribution in [0.25, 0.3) is 0 Å². The Labute approximate surface area is 118 Å². The van der Waals surface area contributed by atoms with E-state index in [0.717, 1.165) is 0 Å². The topological polar surface area (TPSA) is 55.1 Å². The van der Waals surface area contributed by atoms with E-state index in [2.05, 4.69) is 21.2 Å². The van der Waals surface area contributed by atoms with Gasteiger partial charge in [0.25, 0.3) is 0 Å². The Kier molecular flexibility index (Phi) is 3.85. The SMILES string of the molecule is CC(=O)c1cc(Nc2c(F)cccc2Br)ccc1N. The highest BCUT2D eigenvalue weighted by Crippen LogP contribution is 2.29. The Bertz CT molecular complexity index is 623. The normalized spacial score (nSPS) is 10.3. The third-order valence-electron chi connectivity index (χ3n) is 2.66. The first kappa shape index (κ1) is 13.5. The molecular weight excluding hydrogens is 311 g/mol. The molecule has 0 saturated carbocycles. The molecular formula is C14H12BrFN2O. The number of anilines is 3. The van der Waals surface area contributed by atoms with Crippen molar-refractivity contribution in [1.82, 2.24) is 0 Å². The molecule has 0 fully saturated rings. The smallest absolute Gasteiger partial charge is 0.161 e. The van der Waals surface area contributed by atoms with Crippen molar-refractivity contribution >= 4 is 38.8 Å². The largest absolute Gasteiger partial charge is 0.398 e. The number of carbonyl (C=O) groups is 1. The number of nitrogens with two attached hydrogens (primary N) is 1. The number of para-hydroxylation sites is 1. The fraction of sp³-hybridized carbons (Fsp3) is 0.0714. The van der Waals surface area contributed by atoms with E-state index >= 15 is 0 Å². The predicted molar refractivity (Wildman–Crippen MR) is 78.2 cm³/mol. The maximum atomic E-state index is 13.7. The molecule has 0 atom stereocenters. The van der Waals surface area contributed by atoms with E-state index in [4.69, 9.17) is 5.73 Å². The lowest BCUT2D eigenvalue weighted by atomic mass is 10.1. The molecule has 0 aromatic heterocycles. The number of nitrogens with one attached hydrogen (secondary N) is 1. The summed E-state index contributed by atoms with van der Waals surface area (Å²) in [7, 11) is 0. The molecule has 0 heterocycles. The number of hydrogen-bond acceptors (Lipinski definition) is 3. The van der Waals surface area contributed by atoms with Crippen LogP contribution in [0.1, 0.15) is 17.3 Å². The molecule has 3 N–H and O–H groups in total. The molecule has 5 heteroatoms. The summed E-state index contributed by atoms with van der Waals surface area (Å²) in [6.45, 7) is 1.44. The minimum atomic E-state index is -0.379. The summed E-state index contributed by atoms with van der Waals surface area (Å²) in [5.74, 6) is -0.510. The molecule has 2 aromatic carbocycles. The third-order valence-corrected chi connectivity index (χ3v) is 3.33. The molecule has 3 nitrogen and oxygen atoms in total. The Balaban J connectivity index is 2.39. The molecule has 2 aromatic rings. The van der Waals surface area contributed by atoms with Crippen LogP contribution in [0.5, 0.6) is 0 Å². The van der Waals surface area contributed by atoms with Crippen LogP contribution in [0.2, 0.25) is 0 Å². The van der Waals surface area contributed by atoms with Gasteiger partial charge in [-0.3, -0.25) is 4.79 Å². The van der Waals surface area contributed by atoms with Gasteiger partial charge in [0.05, 0.1) is 5.69 Å². The maximum Gasteiger partial charge on any atom is 0.161 e. The summed E-state index contributed by atoms with van der Waals surface area (Å²) >= 11 is 3.27. The van der Waals surface area contributed by atoms with E-state index in [1.807, 2.05) is 0 Å². The van der Waals surface area contributed by atoms with E-state index in [1.165, 1.54) is 13.0 Å². The second-order valence-corrected chi connectivity index (χ2v) is 4.93. The molecule has 0 aliphatic rings. The highest BCUT2D eigenvalue weighted by molar-refractivity contribution is 9.10. The van der Waals surface area contributed by atoms with Gasteiger partial charge in [0.15, 0.2) is 5.78 Å². The van der Waals surface area contributed by atoms with E-state index in [1.54, 1.807) is 30.3 Å². The quantitative estimate of drug-likeness (QED) is 0.660. The van der Waals surface area contributed by atoms with Gasteiger partial charge in [-0.1, -0.05) is 6.07 Å². The first-order valence-corrected chi connectivity index (χ1v) is 6.40. The number of hydrogen-bond donors (Lipinski definition) is 2. The second kappa shape index (κ2) is 5.40. The Morgan fingerprint density at radius 1 is 1.32 bits per heavy atom. The van der Waals surface area contributed by atoms with Crippen molar-refractivity contribution < 1.29 is 9.18 Å². The average Bonchev–Trinajstić information content (AvgIpc) is 2.35. The van der Waals surface area contributed by atoms with Gasteiger partial charge in [-0.15, -0.1) is 0 Å². The van der Waals surface area contributed by atoms with Crippen molar-refractivity contribution in [2.75, 3.05) is 11.1 Å². The van der Waals surface area contributed by atoms with Crippen molar-refractivity contribution in [2.24, 2.45) is 0 Å². The van der Waals surface area contributed by atoms with Crippen LogP contribution in [-0.2, 0) is 0 Å². The summed E-state index contributed by atoms with van der Waals surface area (Å²) in [4.78, 5) is 11.4. The summed E-state index contributed by atoms with van der Waals surface area (Å²) in [5.41, 5.74) is 7.46. The zero-order valence-corrected chi connectivity index (χ0v) is 11.8. The lowest BCUT2D eigenvalue weighted by Gasteiger charge is -2.11. The summed E-state index contributed by atoms with van der Waals surface area (Å²) in [6, 6.07) is 9.62. The van der Waals surface area contributed by atoms with Crippen LogP contribution >= 0.6 is 15.9 Å². The lowest BCUT2D eigenvalue weighted by Crippen LogP contribution is -2.02. The summed E-state index contributed by atoms with van der Waals surface area (Å²) in [6.07, 6.45) is 0. The van der Waals surface area contributed by atoms with Crippen molar-refractivity contribution in [3.8, 4) is 0 Å². The molecule has 0 bridgehead atoms. The predicted octanol–water partition coefficient (Wildman–Crippen LogP) is 4.12. The molecule has 2 rings (SSSR count). The van der Waals surface area contributed by atoms with E-state index in [-0.39, 0.29) is 11.6 Å². The molecule has 0 saturated heterocycles. The van der Waals surface area contributed by atoms with Gasteiger partial charge in [0, 0.05) is 21.4 Å². The highest BCUT2D eigenvalue weighted by atomic mass is 79.9. The van der Waals surface area contributed by atoms with Crippen LogP contribution < -0.4 is 11.1 Å². The zero-order valence-electron chi connectivity index (χ0n) is 10.2. The number of carbonyl (C=O) groups excluding carboxylic acids is 1. The maximum absolute atomic E-state index is 13.7. The molecule has 98 valence electrons. The number of halogens is 2. The minimum absolute atomic E-state index is 0.131. The van der Waals surface area contributed by atoms with Gasteiger partial charge in [-0.05, 0) is 53.2 Å². The van der Waals surface area contributed by atoms with Crippen molar-refractivity contribution in [3.63, 3.8) is 0 Å². The number of ketones is 1. The van der Waals surface area contributed by atoms with Gasteiger partial charge in [-0.2, -0.15) is 0 Å². The van der Waals surface area contributed by atoms with Crippen molar-refractivity contribution in [2.45, 2.75) is 6.92 Å². The van der Waals surface area contributed by atoms with E-state index in [9.17, 15) is 9.18 Å². The lowest BCUT2D eigenvalue weighted by molar-refractivity contribution is 0.101. The molecule has 19 heavy (non-hydrogen) atoms. The second-order valence-electron chi connectivity index (χ2n) is 4.08. The minimum Gasteiger partial charge on any atom is -0.398 e. The molecule has 0 aliphatic heterocycles. The Morgan fingerprint density at radius 3 is 2.68 bits per heavy atom. The fourth-order valence-electron chi connectivity index (χ4n) is 1.70. The molecule has 0 unspecified atom stereocenters. The first-order chi connectivity index (χ1) is 8.99. The highest BCUT2D eigenvalue weighted by Gasteiger charge is 2.09. The molecule has 0 aliphatic carbocycles. The number of nitrogen functional groups attached to an aromatic ring is 1. The molecule has 0 amide bonds. The van der Waals surface area contributed by atoms with Gasteiger partial charge in [0.2, 0.25) is 0 Å². The van der Waals surface area contributed by atoms with Crippen LogP contribution in [0, 0.1) is 5.82 Å². The van der Waals surface area contributed by atoms with Gasteiger partial charge >= 0.3 is 0 Å². The van der Waals surface area contributed by atoms with E-state index in [0.29, 0.717) is 27.1 Å². The van der Waals surface area contributed by atoms with Crippen LogP contribution in [0.3, 0.4) is 0 Å². The molecule has 0 radical (unpaired) electrons. The van der Waals surface area contributed by atoms with Crippen molar-refractivity contribution in [1.29, 1.82) is 0 Å². The number of benzene rings is 2. The summed E-state index contributed by atoms with van der Waals surface area (Å²) < 4.78 is 14.3. The monoisotopic (exact) mass is 322 g/mol. The summed E-state index contributed by atoms with van der Waals surface area (Å²) in [5, 5.41) is 2.93. The van der Waals surface area contributed by atoms with Gasteiger partial charge in [0.1, 0.15) is 5.82 Å². The Morgan fingerprint density at radius 2 is 2.05 bits per heavy atom. The van der Waals surface area contributed by atoms with E-state index < -0.39 is 0 Å². The number of Topliss-reactive ketones (excluding diaryl/α,β-unsaturated/α-hetero) is 1. The third kappa shape index (κ3) is 2.93. The van der Waals surface area contributed by atoms with Gasteiger partial charge in [-0.25, -0.2) is 4.39 Å². The van der Waals surface area contributed by atoms with Crippen LogP contribution in [0.15, 0.2) is 40.9 Å². The average molecular weight is 323 g/mol. The standard InChI is InChI=1S/C14H12BrFN2O/c1-8(19)10-7-9(5-6-13(10)17)18-14-11(15)3-2-4-12(14)16/h2-7,18H,17H2,1H3.